The van der Waals surface area contributed by atoms with Crippen molar-refractivity contribution in [3.05, 3.63) is 27.3 Å². The molecule has 0 fully saturated rings. The highest BCUT2D eigenvalue weighted by molar-refractivity contribution is 7.16. The molecule has 0 bridgehead atoms. The summed E-state index contributed by atoms with van der Waals surface area (Å²) in [5.74, 6) is -1.57. The molecule has 1 unspecified atom stereocenters. The molecule has 1 aliphatic rings. The number of nitrogens with one attached hydrogen (secondary N) is 3. The van der Waals surface area contributed by atoms with E-state index in [9.17, 15) is 19.2 Å². The van der Waals surface area contributed by atoms with Crippen molar-refractivity contribution in [2.45, 2.75) is 40.7 Å². The van der Waals surface area contributed by atoms with Crippen LogP contribution in [-0.2, 0) is 19.1 Å². The van der Waals surface area contributed by atoms with Crippen LogP contribution in [0.25, 0.3) is 0 Å². The molecule has 10 heteroatoms. The number of esters is 2. The Kier molecular flexibility index (Phi) is 6.79. The van der Waals surface area contributed by atoms with E-state index in [1.54, 1.807) is 20.8 Å². The van der Waals surface area contributed by atoms with Crippen molar-refractivity contribution in [2.75, 3.05) is 18.5 Å². The number of carbonyl (C=O) groups excluding carboxylic acids is 4. The van der Waals surface area contributed by atoms with E-state index in [0.29, 0.717) is 10.6 Å². The molecule has 1 aliphatic heterocycles. The van der Waals surface area contributed by atoms with Gasteiger partial charge in [0, 0.05) is 11.8 Å². The predicted octanol–water partition coefficient (Wildman–Crippen LogP) is 2.00. The number of amides is 3. The maximum Gasteiger partial charge on any atom is 0.341 e. The van der Waals surface area contributed by atoms with Crippen LogP contribution in [0.3, 0.4) is 0 Å². The van der Waals surface area contributed by atoms with Gasteiger partial charge in [0.05, 0.1) is 29.5 Å². The standard InChI is InChI=1S/C18H23N3O6S/c1-6-26-17(24)14-9(3)19-18(25)21-12(14)7-27-16(23)13-8(2)10(4)28-15(13)20-11(5)22/h9H,6-7H2,1-5H3,(H,20,22)(H2,19,21,25). The number of carbonyl (C=O) groups is 4. The highest BCUT2D eigenvalue weighted by atomic mass is 32.1. The van der Waals surface area contributed by atoms with Crippen LogP contribution in [0.1, 0.15) is 41.6 Å². The minimum absolute atomic E-state index is 0.161. The molecule has 0 aliphatic carbocycles. The fourth-order valence-electron chi connectivity index (χ4n) is 2.72. The third-order valence-electron chi connectivity index (χ3n) is 4.09. The van der Waals surface area contributed by atoms with Crippen LogP contribution in [-0.4, -0.2) is 43.1 Å². The zero-order valence-electron chi connectivity index (χ0n) is 16.3. The van der Waals surface area contributed by atoms with Crippen molar-refractivity contribution < 1.29 is 28.7 Å². The molecule has 2 rings (SSSR count). The molecular formula is C18H23N3O6S. The third kappa shape index (κ3) is 4.69. The second kappa shape index (κ2) is 8.87. The first kappa shape index (κ1) is 21.4. The lowest BCUT2D eigenvalue weighted by Gasteiger charge is -2.26. The van der Waals surface area contributed by atoms with E-state index in [2.05, 4.69) is 16.0 Å². The second-order valence-electron chi connectivity index (χ2n) is 6.18. The number of ether oxygens (including phenoxy) is 2. The molecule has 3 N–H and O–H groups in total. The zero-order chi connectivity index (χ0) is 21.0. The van der Waals surface area contributed by atoms with E-state index < -0.39 is 24.0 Å². The van der Waals surface area contributed by atoms with Gasteiger partial charge in [-0.15, -0.1) is 11.3 Å². The van der Waals surface area contributed by atoms with Crippen LogP contribution in [0.15, 0.2) is 11.3 Å². The van der Waals surface area contributed by atoms with Crippen molar-refractivity contribution in [1.29, 1.82) is 0 Å². The third-order valence-corrected chi connectivity index (χ3v) is 5.21. The summed E-state index contributed by atoms with van der Waals surface area (Å²) >= 11 is 1.27. The average molecular weight is 409 g/mol. The quantitative estimate of drug-likeness (QED) is 0.618. The summed E-state index contributed by atoms with van der Waals surface area (Å²) in [4.78, 5) is 48.9. The van der Waals surface area contributed by atoms with E-state index in [0.717, 1.165) is 4.88 Å². The fraction of sp³-hybridized carbons (Fsp3) is 0.444. The largest absolute Gasteiger partial charge is 0.463 e. The van der Waals surface area contributed by atoms with Crippen LogP contribution in [0.2, 0.25) is 0 Å². The van der Waals surface area contributed by atoms with E-state index in [4.69, 9.17) is 9.47 Å². The number of urea groups is 1. The van der Waals surface area contributed by atoms with E-state index in [1.165, 1.54) is 18.3 Å². The number of thiophene rings is 1. The highest BCUT2D eigenvalue weighted by Crippen LogP contribution is 2.33. The van der Waals surface area contributed by atoms with Gasteiger partial charge >= 0.3 is 18.0 Å². The Morgan fingerprint density at radius 3 is 2.46 bits per heavy atom. The van der Waals surface area contributed by atoms with Gasteiger partial charge < -0.3 is 25.4 Å². The van der Waals surface area contributed by atoms with Crippen molar-refractivity contribution in [2.24, 2.45) is 0 Å². The number of hydrogen-bond acceptors (Lipinski definition) is 7. The molecule has 2 heterocycles. The Labute approximate surface area is 166 Å². The monoisotopic (exact) mass is 409 g/mol. The highest BCUT2D eigenvalue weighted by Gasteiger charge is 2.31. The molecule has 1 aromatic heterocycles. The predicted molar refractivity (Wildman–Crippen MR) is 103 cm³/mol. The summed E-state index contributed by atoms with van der Waals surface area (Å²) in [6, 6.07) is -1.10. The Hall–Kier alpha value is -2.88. The van der Waals surface area contributed by atoms with Gasteiger partial charge in [0.2, 0.25) is 5.91 Å². The summed E-state index contributed by atoms with van der Waals surface area (Å²) in [5.41, 5.74) is 1.30. The van der Waals surface area contributed by atoms with Crippen LogP contribution >= 0.6 is 11.3 Å². The lowest BCUT2D eigenvalue weighted by atomic mass is 10.0. The number of aryl methyl sites for hydroxylation is 1. The Morgan fingerprint density at radius 2 is 1.86 bits per heavy atom. The maximum atomic E-state index is 12.7. The summed E-state index contributed by atoms with van der Waals surface area (Å²) < 4.78 is 10.4. The Bertz CT molecular complexity index is 858. The lowest BCUT2D eigenvalue weighted by molar-refractivity contribution is -0.139. The number of anilines is 1. The second-order valence-corrected chi connectivity index (χ2v) is 7.40. The van der Waals surface area contributed by atoms with Gasteiger partial charge in [-0.1, -0.05) is 0 Å². The molecule has 1 aromatic rings. The van der Waals surface area contributed by atoms with E-state index >= 15 is 0 Å². The first-order chi connectivity index (χ1) is 13.1. The first-order valence-corrected chi connectivity index (χ1v) is 9.49. The molecule has 28 heavy (non-hydrogen) atoms. The van der Waals surface area contributed by atoms with Gasteiger partial charge in [0.25, 0.3) is 0 Å². The van der Waals surface area contributed by atoms with Crippen LogP contribution in [0.4, 0.5) is 9.80 Å². The SMILES string of the molecule is CCOC(=O)C1=C(COC(=O)c2c(NC(C)=O)sc(C)c2C)NC(=O)NC1C. The van der Waals surface area contributed by atoms with Gasteiger partial charge in [-0.3, -0.25) is 4.79 Å². The summed E-state index contributed by atoms with van der Waals surface area (Å²) in [6.45, 7) is 8.09. The molecule has 9 nitrogen and oxygen atoms in total. The van der Waals surface area contributed by atoms with E-state index in [1.807, 2.05) is 6.92 Å². The van der Waals surface area contributed by atoms with Gasteiger partial charge in [0.15, 0.2) is 0 Å². The minimum atomic E-state index is -0.665. The molecule has 0 saturated carbocycles. The van der Waals surface area contributed by atoms with Crippen LogP contribution < -0.4 is 16.0 Å². The number of hydrogen-bond donors (Lipinski definition) is 3. The minimum Gasteiger partial charge on any atom is -0.463 e. The summed E-state index contributed by atoms with van der Waals surface area (Å²) in [7, 11) is 0. The first-order valence-electron chi connectivity index (χ1n) is 8.68. The summed E-state index contributed by atoms with van der Waals surface area (Å²) in [6.07, 6.45) is 0. The number of rotatable bonds is 6. The zero-order valence-corrected chi connectivity index (χ0v) is 17.2. The summed E-state index contributed by atoms with van der Waals surface area (Å²) in [5, 5.41) is 8.08. The Balaban J connectivity index is 2.27. The van der Waals surface area contributed by atoms with Crippen molar-refractivity contribution in [3.8, 4) is 0 Å². The van der Waals surface area contributed by atoms with Gasteiger partial charge in [-0.25, -0.2) is 14.4 Å². The van der Waals surface area contributed by atoms with Gasteiger partial charge in [0.1, 0.15) is 11.6 Å². The molecular weight excluding hydrogens is 386 g/mol. The van der Waals surface area contributed by atoms with Crippen molar-refractivity contribution in [3.63, 3.8) is 0 Å². The topological polar surface area (TPSA) is 123 Å². The van der Waals surface area contributed by atoms with Crippen molar-refractivity contribution in [1.82, 2.24) is 10.6 Å². The van der Waals surface area contributed by atoms with Crippen LogP contribution in [0, 0.1) is 13.8 Å². The molecule has 0 spiro atoms. The smallest absolute Gasteiger partial charge is 0.341 e. The molecule has 0 aromatic carbocycles. The van der Waals surface area contributed by atoms with E-state index in [-0.39, 0.29) is 36.0 Å². The van der Waals surface area contributed by atoms with Gasteiger partial charge in [-0.2, -0.15) is 0 Å². The molecule has 3 amide bonds. The molecule has 1 atom stereocenters. The maximum absolute atomic E-state index is 12.7. The molecule has 0 saturated heterocycles. The van der Waals surface area contributed by atoms with Crippen LogP contribution in [0.5, 0.6) is 0 Å². The van der Waals surface area contributed by atoms with Crippen molar-refractivity contribution >= 4 is 40.2 Å². The van der Waals surface area contributed by atoms with Gasteiger partial charge in [-0.05, 0) is 33.3 Å². The Morgan fingerprint density at radius 1 is 1.18 bits per heavy atom. The molecule has 152 valence electrons. The lowest BCUT2D eigenvalue weighted by Crippen LogP contribution is -2.50. The molecule has 0 radical (unpaired) electrons. The fourth-order valence-corrected chi connectivity index (χ4v) is 3.82. The normalized spacial score (nSPS) is 16.2. The average Bonchev–Trinajstić information content (AvgIpc) is 2.85.